The lowest BCUT2D eigenvalue weighted by molar-refractivity contribution is 0.357. The summed E-state index contributed by atoms with van der Waals surface area (Å²) in [5.74, 6) is 1.01. The minimum atomic E-state index is -0.0501. The number of rotatable bonds is 2. The van der Waals surface area contributed by atoms with Crippen LogP contribution in [0.2, 0.25) is 0 Å². The lowest BCUT2D eigenvalue weighted by Crippen LogP contribution is -2.10. The maximum absolute atomic E-state index is 6.34. The molecule has 1 aliphatic heterocycles. The Bertz CT molecular complexity index is 574. The summed E-state index contributed by atoms with van der Waals surface area (Å²) in [5, 5.41) is 0. The van der Waals surface area contributed by atoms with E-state index in [1.165, 1.54) is 15.3 Å². The molecule has 3 rings (SSSR count). The summed E-state index contributed by atoms with van der Waals surface area (Å²) in [4.78, 5) is 2.46. The van der Waals surface area contributed by atoms with Crippen LogP contribution in [0.4, 0.5) is 0 Å². The molecule has 0 spiro atoms. The van der Waals surface area contributed by atoms with E-state index in [1.54, 1.807) is 11.3 Å². The van der Waals surface area contributed by atoms with Gasteiger partial charge in [-0.2, -0.15) is 0 Å². The molecule has 1 aromatic carbocycles. The van der Waals surface area contributed by atoms with Crippen molar-refractivity contribution in [2.45, 2.75) is 19.4 Å². The van der Waals surface area contributed by atoms with Crippen molar-refractivity contribution in [3.05, 3.63) is 49.6 Å². The maximum atomic E-state index is 6.34. The Hall–Kier alpha value is -0.840. The molecule has 18 heavy (non-hydrogen) atoms. The van der Waals surface area contributed by atoms with Crippen molar-refractivity contribution in [2.75, 3.05) is 6.61 Å². The largest absolute Gasteiger partial charge is 0.493 e. The monoisotopic (exact) mass is 323 g/mol. The first-order valence-electron chi connectivity index (χ1n) is 5.92. The zero-order valence-electron chi connectivity index (χ0n) is 10.1. The molecule has 1 aliphatic rings. The first kappa shape index (κ1) is 12.2. The number of fused-ring (bicyclic) bond motifs is 1. The zero-order valence-corrected chi connectivity index (χ0v) is 12.5. The van der Waals surface area contributed by atoms with Gasteiger partial charge in [0.1, 0.15) is 5.75 Å². The Morgan fingerprint density at radius 2 is 2.22 bits per heavy atom. The van der Waals surface area contributed by atoms with E-state index >= 15 is 0 Å². The first-order chi connectivity index (χ1) is 8.65. The highest BCUT2D eigenvalue weighted by Crippen LogP contribution is 2.34. The number of nitrogens with two attached hydrogens (primary N) is 1. The average Bonchev–Trinajstić information content (AvgIpc) is 2.95. The number of benzene rings is 1. The molecular formula is C14H14BrNOS. The number of hydrogen-bond acceptors (Lipinski definition) is 3. The zero-order chi connectivity index (χ0) is 12.7. The SMILES string of the molecule is Cc1sc(C(N)c2ccc3c(c2)CCO3)cc1Br. The average molecular weight is 324 g/mol. The molecule has 1 aromatic heterocycles. The van der Waals surface area contributed by atoms with E-state index in [0.29, 0.717) is 0 Å². The molecule has 2 aromatic rings. The van der Waals surface area contributed by atoms with Crippen molar-refractivity contribution in [3.63, 3.8) is 0 Å². The van der Waals surface area contributed by atoms with Crippen LogP contribution >= 0.6 is 27.3 Å². The Balaban J connectivity index is 1.94. The molecule has 1 unspecified atom stereocenters. The fourth-order valence-corrected chi connectivity index (χ4v) is 3.79. The van der Waals surface area contributed by atoms with Crippen LogP contribution in [0.5, 0.6) is 5.75 Å². The van der Waals surface area contributed by atoms with Crippen molar-refractivity contribution in [1.82, 2.24) is 0 Å². The minimum absolute atomic E-state index is 0.0501. The lowest BCUT2D eigenvalue weighted by Gasteiger charge is -2.11. The summed E-state index contributed by atoms with van der Waals surface area (Å²) < 4.78 is 6.66. The fourth-order valence-electron chi connectivity index (χ4n) is 2.20. The fraction of sp³-hybridized carbons (Fsp3) is 0.286. The van der Waals surface area contributed by atoms with Gasteiger partial charge in [-0.25, -0.2) is 0 Å². The molecule has 0 fully saturated rings. The Labute approximate surface area is 119 Å². The summed E-state index contributed by atoms with van der Waals surface area (Å²) >= 11 is 5.29. The van der Waals surface area contributed by atoms with Crippen LogP contribution < -0.4 is 10.5 Å². The van der Waals surface area contributed by atoms with Crippen molar-refractivity contribution >= 4 is 27.3 Å². The van der Waals surface area contributed by atoms with Crippen molar-refractivity contribution < 1.29 is 4.74 Å². The van der Waals surface area contributed by atoms with E-state index in [1.807, 2.05) is 6.07 Å². The van der Waals surface area contributed by atoms with Crippen LogP contribution in [0.15, 0.2) is 28.7 Å². The van der Waals surface area contributed by atoms with Crippen LogP contribution in [0, 0.1) is 6.92 Å². The van der Waals surface area contributed by atoms with E-state index in [-0.39, 0.29) is 6.04 Å². The molecule has 0 amide bonds. The van der Waals surface area contributed by atoms with Crippen LogP contribution in [0.3, 0.4) is 0 Å². The molecule has 2 nitrogen and oxygen atoms in total. The van der Waals surface area contributed by atoms with E-state index in [2.05, 4.69) is 41.1 Å². The summed E-state index contributed by atoms with van der Waals surface area (Å²) in [6.07, 6.45) is 0.989. The van der Waals surface area contributed by atoms with E-state index in [4.69, 9.17) is 10.5 Å². The van der Waals surface area contributed by atoms with E-state index < -0.39 is 0 Å². The quantitative estimate of drug-likeness (QED) is 0.912. The second-order valence-corrected chi connectivity index (χ2v) is 6.64. The molecule has 4 heteroatoms. The Morgan fingerprint density at radius 3 is 2.94 bits per heavy atom. The third-order valence-corrected chi connectivity index (χ3v) is 5.48. The second kappa shape index (κ2) is 4.68. The molecule has 2 N–H and O–H groups in total. The van der Waals surface area contributed by atoms with Crippen molar-refractivity contribution in [2.24, 2.45) is 5.73 Å². The van der Waals surface area contributed by atoms with Crippen LogP contribution in [0.25, 0.3) is 0 Å². The number of halogens is 1. The molecular weight excluding hydrogens is 310 g/mol. The minimum Gasteiger partial charge on any atom is -0.493 e. The normalized spacial score (nSPS) is 15.3. The first-order valence-corrected chi connectivity index (χ1v) is 7.53. The summed E-state index contributed by atoms with van der Waals surface area (Å²) in [6, 6.07) is 8.35. The maximum Gasteiger partial charge on any atom is 0.122 e. The molecule has 1 atom stereocenters. The van der Waals surface area contributed by atoms with E-state index in [9.17, 15) is 0 Å². The topological polar surface area (TPSA) is 35.2 Å². The standard InChI is InChI=1S/C14H14BrNOS/c1-8-11(15)7-13(18-8)14(16)10-2-3-12-9(6-10)4-5-17-12/h2-3,6-7,14H,4-5,16H2,1H3. The molecule has 0 radical (unpaired) electrons. The third-order valence-electron chi connectivity index (χ3n) is 3.26. The van der Waals surface area contributed by atoms with Gasteiger partial charge in [-0.15, -0.1) is 11.3 Å². The van der Waals surface area contributed by atoms with Crippen LogP contribution in [-0.2, 0) is 6.42 Å². The summed E-state index contributed by atoms with van der Waals surface area (Å²) in [5.41, 5.74) is 8.77. The van der Waals surface area contributed by atoms with Gasteiger partial charge in [-0.1, -0.05) is 12.1 Å². The van der Waals surface area contributed by atoms with E-state index in [0.717, 1.165) is 28.8 Å². The summed E-state index contributed by atoms with van der Waals surface area (Å²) in [7, 11) is 0. The van der Waals surface area contributed by atoms with Gasteiger partial charge in [0.05, 0.1) is 12.6 Å². The predicted octanol–water partition coefficient (Wildman–Crippen LogP) is 3.80. The number of ether oxygens (including phenoxy) is 1. The molecule has 94 valence electrons. The molecule has 0 saturated carbocycles. The highest BCUT2D eigenvalue weighted by atomic mass is 79.9. The molecule has 0 bridgehead atoms. The smallest absolute Gasteiger partial charge is 0.122 e. The second-order valence-electron chi connectivity index (χ2n) is 4.50. The van der Waals surface area contributed by atoms with Gasteiger partial charge in [-0.3, -0.25) is 0 Å². The van der Waals surface area contributed by atoms with Gasteiger partial charge in [0.15, 0.2) is 0 Å². The van der Waals surface area contributed by atoms with Gasteiger partial charge in [-0.05, 0) is 46.1 Å². The molecule has 2 heterocycles. The molecule has 0 aliphatic carbocycles. The van der Waals surface area contributed by atoms with Gasteiger partial charge >= 0.3 is 0 Å². The predicted molar refractivity (Wildman–Crippen MR) is 78.4 cm³/mol. The highest BCUT2D eigenvalue weighted by molar-refractivity contribution is 9.10. The Morgan fingerprint density at radius 1 is 1.39 bits per heavy atom. The number of thiophene rings is 1. The summed E-state index contributed by atoms with van der Waals surface area (Å²) in [6.45, 7) is 2.89. The van der Waals surface area contributed by atoms with Gasteiger partial charge in [0.2, 0.25) is 0 Å². The van der Waals surface area contributed by atoms with Crippen molar-refractivity contribution in [1.29, 1.82) is 0 Å². The van der Waals surface area contributed by atoms with Crippen LogP contribution in [-0.4, -0.2) is 6.61 Å². The number of hydrogen-bond donors (Lipinski definition) is 1. The number of aryl methyl sites for hydroxylation is 1. The lowest BCUT2D eigenvalue weighted by atomic mass is 10.0. The highest BCUT2D eigenvalue weighted by Gasteiger charge is 2.17. The molecule has 0 saturated heterocycles. The van der Waals surface area contributed by atoms with Crippen LogP contribution in [0.1, 0.15) is 26.9 Å². The van der Waals surface area contributed by atoms with Gasteiger partial charge < -0.3 is 10.5 Å². The Kier molecular flexibility index (Phi) is 3.18. The third kappa shape index (κ3) is 2.09. The van der Waals surface area contributed by atoms with Gasteiger partial charge in [0, 0.05) is 20.6 Å². The van der Waals surface area contributed by atoms with Gasteiger partial charge in [0.25, 0.3) is 0 Å². The van der Waals surface area contributed by atoms with Crippen molar-refractivity contribution in [3.8, 4) is 5.75 Å².